The molecule has 2 heterocycles. The fourth-order valence-electron chi connectivity index (χ4n) is 3.04. The highest BCUT2D eigenvalue weighted by molar-refractivity contribution is 4.80. The van der Waals surface area contributed by atoms with Crippen LogP contribution in [0.1, 0.15) is 26.7 Å². The first-order valence-corrected chi connectivity index (χ1v) is 4.64. The van der Waals surface area contributed by atoms with Gasteiger partial charge in [0.1, 0.15) is 0 Å². The van der Waals surface area contributed by atoms with Crippen LogP contribution in [0, 0.1) is 5.92 Å². The van der Waals surface area contributed by atoms with Crippen molar-refractivity contribution in [1.29, 1.82) is 0 Å². The molecule has 2 rings (SSSR count). The van der Waals surface area contributed by atoms with Crippen molar-refractivity contribution in [2.45, 2.75) is 32.7 Å². The maximum absolute atomic E-state index is 2.45. The molecule has 1 unspecified atom stereocenters. The van der Waals surface area contributed by atoms with E-state index in [1.165, 1.54) is 37.0 Å². The molecule has 2 saturated heterocycles. The SMILES string of the molecule is CC[N+]12CCC(CC1)C2C. The van der Waals surface area contributed by atoms with Gasteiger partial charge in [-0.3, -0.25) is 0 Å². The molecule has 0 aromatic heterocycles. The summed E-state index contributed by atoms with van der Waals surface area (Å²) in [6, 6.07) is 0.991. The summed E-state index contributed by atoms with van der Waals surface area (Å²) < 4.78 is 1.45. The van der Waals surface area contributed by atoms with Gasteiger partial charge in [0.05, 0.1) is 25.7 Å². The highest BCUT2D eigenvalue weighted by Gasteiger charge is 2.49. The number of fused-ring (bicyclic) bond motifs is 2. The number of quaternary nitrogens is 1. The second-order valence-electron chi connectivity index (χ2n) is 4.06. The molecule has 0 aromatic carbocycles. The van der Waals surface area contributed by atoms with E-state index < -0.39 is 0 Å². The normalized spacial score (nSPS) is 52.2. The van der Waals surface area contributed by atoms with Crippen LogP contribution in [0.3, 0.4) is 0 Å². The van der Waals surface area contributed by atoms with Crippen LogP contribution < -0.4 is 0 Å². The van der Waals surface area contributed by atoms with Gasteiger partial charge in [-0.2, -0.15) is 0 Å². The van der Waals surface area contributed by atoms with Gasteiger partial charge >= 0.3 is 0 Å². The average molecular weight is 140 g/mol. The van der Waals surface area contributed by atoms with Crippen LogP contribution in [0.5, 0.6) is 0 Å². The van der Waals surface area contributed by atoms with E-state index in [-0.39, 0.29) is 0 Å². The monoisotopic (exact) mass is 140 g/mol. The van der Waals surface area contributed by atoms with Crippen molar-refractivity contribution in [3.05, 3.63) is 0 Å². The number of nitrogens with zero attached hydrogens (tertiary/aromatic N) is 1. The first-order valence-electron chi connectivity index (χ1n) is 4.64. The Kier molecular flexibility index (Phi) is 1.31. The highest BCUT2D eigenvalue weighted by Crippen LogP contribution is 2.40. The van der Waals surface area contributed by atoms with Crippen molar-refractivity contribution in [1.82, 2.24) is 0 Å². The molecule has 10 heavy (non-hydrogen) atoms. The summed E-state index contributed by atoms with van der Waals surface area (Å²) in [6.45, 7) is 9.13. The molecule has 0 saturated carbocycles. The van der Waals surface area contributed by atoms with Crippen LogP contribution in [0.4, 0.5) is 0 Å². The third kappa shape index (κ3) is 0.619. The Morgan fingerprint density at radius 1 is 1.30 bits per heavy atom. The summed E-state index contributed by atoms with van der Waals surface area (Å²) in [7, 11) is 0. The molecule has 1 atom stereocenters. The Morgan fingerprint density at radius 2 is 1.90 bits per heavy atom. The summed E-state index contributed by atoms with van der Waals surface area (Å²) in [5, 5.41) is 0. The van der Waals surface area contributed by atoms with E-state index in [1.807, 2.05) is 0 Å². The molecule has 2 bridgehead atoms. The summed E-state index contributed by atoms with van der Waals surface area (Å²) in [4.78, 5) is 0. The molecule has 2 aliphatic heterocycles. The lowest BCUT2D eigenvalue weighted by Crippen LogP contribution is -2.47. The van der Waals surface area contributed by atoms with Gasteiger partial charge in [-0.1, -0.05) is 0 Å². The van der Waals surface area contributed by atoms with Crippen LogP contribution in [0.15, 0.2) is 0 Å². The van der Waals surface area contributed by atoms with E-state index in [4.69, 9.17) is 0 Å². The van der Waals surface area contributed by atoms with E-state index in [2.05, 4.69) is 13.8 Å². The molecular formula is C9H18N+. The predicted octanol–water partition coefficient (Wildman–Crippen LogP) is 1.64. The summed E-state index contributed by atoms with van der Waals surface area (Å²) in [6.07, 6.45) is 3.02. The fourth-order valence-corrected chi connectivity index (χ4v) is 3.04. The minimum absolute atomic E-state index is 0.991. The lowest BCUT2D eigenvalue weighted by atomic mass is 10.0. The van der Waals surface area contributed by atoms with Gasteiger partial charge in [-0.15, -0.1) is 0 Å². The molecule has 1 nitrogen and oxygen atoms in total. The van der Waals surface area contributed by atoms with Gasteiger partial charge in [0.15, 0.2) is 0 Å². The Labute approximate surface area is 63.6 Å². The maximum atomic E-state index is 2.45. The lowest BCUT2D eigenvalue weighted by molar-refractivity contribution is -0.927. The quantitative estimate of drug-likeness (QED) is 0.486. The van der Waals surface area contributed by atoms with E-state index in [0.717, 1.165) is 12.0 Å². The van der Waals surface area contributed by atoms with Gasteiger partial charge in [0, 0.05) is 18.8 Å². The van der Waals surface area contributed by atoms with Gasteiger partial charge in [-0.05, 0) is 13.8 Å². The molecule has 0 spiro atoms. The maximum Gasteiger partial charge on any atom is 0.0894 e. The average Bonchev–Trinajstić information content (AvgIpc) is 2.46. The highest BCUT2D eigenvalue weighted by atomic mass is 15.4. The molecule has 1 heteroatoms. The zero-order valence-corrected chi connectivity index (χ0v) is 7.14. The van der Waals surface area contributed by atoms with Crippen molar-refractivity contribution in [3.63, 3.8) is 0 Å². The third-order valence-corrected chi connectivity index (χ3v) is 4.07. The first kappa shape index (κ1) is 6.66. The van der Waals surface area contributed by atoms with Crippen molar-refractivity contribution in [2.24, 2.45) is 5.92 Å². The van der Waals surface area contributed by atoms with Crippen LogP contribution in [-0.2, 0) is 0 Å². The van der Waals surface area contributed by atoms with Crippen molar-refractivity contribution in [3.8, 4) is 0 Å². The molecule has 0 N–H and O–H groups in total. The number of piperidine rings is 1. The lowest BCUT2D eigenvalue weighted by Gasteiger charge is -2.34. The standard InChI is InChI=1S/C9H18N/c1-3-10-6-4-9(5-7-10)8(10)2/h8-9H,3-7H2,1-2H3/q+1. The Hall–Kier alpha value is -0.0400. The summed E-state index contributed by atoms with van der Waals surface area (Å²) in [5.74, 6) is 1.08. The van der Waals surface area contributed by atoms with Crippen LogP contribution in [0.2, 0.25) is 0 Å². The topological polar surface area (TPSA) is 0 Å². The Morgan fingerprint density at radius 3 is 2.10 bits per heavy atom. The molecular weight excluding hydrogens is 122 g/mol. The molecule has 0 radical (unpaired) electrons. The largest absolute Gasteiger partial charge is 0.321 e. The Balaban J connectivity index is 2.22. The van der Waals surface area contributed by atoms with Gasteiger partial charge in [0.25, 0.3) is 0 Å². The number of hydrogen-bond donors (Lipinski definition) is 0. The van der Waals surface area contributed by atoms with Gasteiger partial charge in [0.2, 0.25) is 0 Å². The van der Waals surface area contributed by atoms with Crippen molar-refractivity contribution < 1.29 is 4.48 Å². The predicted molar refractivity (Wildman–Crippen MR) is 42.7 cm³/mol. The van der Waals surface area contributed by atoms with Gasteiger partial charge < -0.3 is 4.48 Å². The van der Waals surface area contributed by atoms with Crippen LogP contribution >= 0.6 is 0 Å². The molecule has 58 valence electrons. The number of hydrogen-bond acceptors (Lipinski definition) is 0. The number of rotatable bonds is 1. The molecule has 0 aromatic rings. The molecule has 2 aliphatic rings. The Bertz CT molecular complexity index is 134. The fraction of sp³-hybridized carbons (Fsp3) is 1.00. The molecule has 0 amide bonds. The zero-order chi connectivity index (χ0) is 7.19. The van der Waals surface area contributed by atoms with E-state index >= 15 is 0 Å². The minimum atomic E-state index is 0.991. The van der Waals surface area contributed by atoms with Crippen molar-refractivity contribution >= 4 is 0 Å². The van der Waals surface area contributed by atoms with Gasteiger partial charge in [-0.25, -0.2) is 0 Å². The third-order valence-electron chi connectivity index (χ3n) is 4.07. The van der Waals surface area contributed by atoms with Crippen molar-refractivity contribution in [2.75, 3.05) is 19.6 Å². The second-order valence-corrected chi connectivity index (χ2v) is 4.06. The summed E-state index contributed by atoms with van der Waals surface area (Å²) >= 11 is 0. The first-order chi connectivity index (χ1) is 4.78. The molecule has 0 aliphatic carbocycles. The molecule has 2 fully saturated rings. The van der Waals surface area contributed by atoms with E-state index in [9.17, 15) is 0 Å². The zero-order valence-electron chi connectivity index (χ0n) is 7.14. The van der Waals surface area contributed by atoms with E-state index in [1.54, 1.807) is 0 Å². The van der Waals surface area contributed by atoms with Crippen LogP contribution in [-0.4, -0.2) is 30.2 Å². The van der Waals surface area contributed by atoms with Crippen LogP contribution in [0.25, 0.3) is 0 Å². The summed E-state index contributed by atoms with van der Waals surface area (Å²) in [5.41, 5.74) is 0. The second kappa shape index (κ2) is 1.97. The minimum Gasteiger partial charge on any atom is -0.321 e. The smallest absolute Gasteiger partial charge is 0.0894 e. The van der Waals surface area contributed by atoms with E-state index in [0.29, 0.717) is 0 Å².